The molecule has 0 aliphatic heterocycles. The van der Waals surface area contributed by atoms with Crippen LogP contribution in [0.3, 0.4) is 0 Å². The molecule has 0 bridgehead atoms. The quantitative estimate of drug-likeness (QED) is 0.470. The number of rotatable bonds is 3. The van der Waals surface area contributed by atoms with Crippen molar-refractivity contribution in [1.29, 1.82) is 0 Å². The Morgan fingerprint density at radius 1 is 0.806 bits per heavy atom. The fourth-order valence-electron chi connectivity index (χ4n) is 3.07. The molecule has 2 aromatic carbocycles. The summed E-state index contributed by atoms with van der Waals surface area (Å²) >= 11 is 5.66. The van der Waals surface area contributed by atoms with E-state index in [2.05, 4.69) is 0 Å². The Hall–Kier alpha value is -1.94. The first-order valence-electron chi connectivity index (χ1n) is 8.87. The highest BCUT2D eigenvalue weighted by molar-refractivity contribution is 7.92. The van der Waals surface area contributed by atoms with Crippen molar-refractivity contribution in [3.63, 3.8) is 0 Å². The molecule has 0 amide bonds. The summed E-state index contributed by atoms with van der Waals surface area (Å²) < 4.78 is 107. The van der Waals surface area contributed by atoms with E-state index in [1.807, 2.05) is 25.5 Å². The number of halogens is 7. The average molecular weight is 488 g/mol. The van der Waals surface area contributed by atoms with Crippen LogP contribution in [0.5, 0.6) is 0 Å². The lowest BCUT2D eigenvalue weighted by Gasteiger charge is -2.23. The van der Waals surface area contributed by atoms with Gasteiger partial charge >= 0.3 is 12.4 Å². The molecule has 0 unspecified atom stereocenters. The summed E-state index contributed by atoms with van der Waals surface area (Å²) in [6.45, 7) is 8.72. The van der Waals surface area contributed by atoms with Gasteiger partial charge in [0, 0.05) is 0 Å². The maximum absolute atomic E-state index is 13.2. The number of anilines is 1. The number of nitrogens with one attached hydrogen (secondary N) is 1. The van der Waals surface area contributed by atoms with Gasteiger partial charge in [-0.1, -0.05) is 44.5 Å². The molecule has 0 aliphatic carbocycles. The molecular formula is C20H20ClF6NO2S. The summed E-state index contributed by atoms with van der Waals surface area (Å²) in [5.74, 6) is 0. The van der Waals surface area contributed by atoms with E-state index in [-0.39, 0.29) is 33.6 Å². The van der Waals surface area contributed by atoms with E-state index in [4.69, 9.17) is 11.6 Å². The molecule has 0 heterocycles. The fourth-order valence-corrected chi connectivity index (χ4v) is 4.91. The van der Waals surface area contributed by atoms with Gasteiger partial charge in [0.2, 0.25) is 0 Å². The molecule has 0 atom stereocenters. The van der Waals surface area contributed by atoms with Gasteiger partial charge in [-0.3, -0.25) is 4.72 Å². The predicted molar refractivity (Wildman–Crippen MR) is 107 cm³/mol. The van der Waals surface area contributed by atoms with Crippen molar-refractivity contribution < 1.29 is 34.8 Å². The molecule has 172 valence electrons. The Bertz CT molecular complexity index is 1090. The lowest BCUT2D eigenvalue weighted by Crippen LogP contribution is -2.20. The number of benzene rings is 2. The first-order chi connectivity index (χ1) is 13.7. The molecule has 2 aromatic rings. The van der Waals surface area contributed by atoms with E-state index in [9.17, 15) is 34.8 Å². The Morgan fingerprint density at radius 3 is 1.68 bits per heavy atom. The smallest absolute Gasteiger partial charge is 0.278 e. The van der Waals surface area contributed by atoms with Gasteiger partial charge in [0.15, 0.2) is 0 Å². The van der Waals surface area contributed by atoms with E-state index in [0.717, 1.165) is 5.56 Å². The molecule has 0 radical (unpaired) electrons. The molecule has 0 spiro atoms. The molecule has 1 N–H and O–H groups in total. The molecule has 0 saturated carbocycles. The SMILES string of the molecule is Cc1cc(C(C)(C)C)cc(C)c1S(=O)(=O)Nc1cc(C(F)(F)F)cc(C(F)(F)F)c1Cl. The molecular weight excluding hydrogens is 468 g/mol. The van der Waals surface area contributed by atoms with Crippen molar-refractivity contribution in [1.82, 2.24) is 0 Å². The Labute approximate surface area is 181 Å². The van der Waals surface area contributed by atoms with Crippen LogP contribution >= 0.6 is 11.6 Å². The minimum atomic E-state index is -5.22. The van der Waals surface area contributed by atoms with Gasteiger partial charge in [0.05, 0.1) is 26.7 Å². The molecule has 11 heteroatoms. The first-order valence-corrected chi connectivity index (χ1v) is 10.7. The second-order valence-corrected chi connectivity index (χ2v) is 10.2. The van der Waals surface area contributed by atoms with Crippen LogP contribution in [0.2, 0.25) is 5.02 Å². The summed E-state index contributed by atoms with van der Waals surface area (Å²) in [6, 6.07) is 3.30. The molecule has 0 saturated heterocycles. The third kappa shape index (κ3) is 5.46. The van der Waals surface area contributed by atoms with Crippen molar-refractivity contribution in [3.05, 3.63) is 57.1 Å². The van der Waals surface area contributed by atoms with Gasteiger partial charge in [-0.15, -0.1) is 0 Å². The minimum Gasteiger partial charge on any atom is -0.278 e. The highest BCUT2D eigenvalue weighted by atomic mass is 35.5. The largest absolute Gasteiger partial charge is 0.417 e. The van der Waals surface area contributed by atoms with E-state index in [1.165, 1.54) is 13.8 Å². The van der Waals surface area contributed by atoms with Crippen LogP contribution in [0.4, 0.5) is 32.0 Å². The summed E-state index contributed by atoms with van der Waals surface area (Å²) in [7, 11) is -4.55. The van der Waals surface area contributed by atoms with E-state index in [1.54, 1.807) is 12.1 Å². The summed E-state index contributed by atoms with van der Waals surface area (Å²) in [5, 5.41) is -1.18. The molecule has 0 fully saturated rings. The summed E-state index contributed by atoms with van der Waals surface area (Å²) in [6.07, 6.45) is -10.4. The standard InChI is InChI=1S/C20H20ClF6NO2S/c1-10-6-12(18(3,4)5)7-11(2)17(10)31(29,30)28-15-9-13(19(22,23)24)8-14(16(15)21)20(25,26)27/h6-9,28H,1-5H3. The van der Waals surface area contributed by atoms with Crippen LogP contribution in [0.25, 0.3) is 0 Å². The second kappa shape index (κ2) is 7.88. The lowest BCUT2D eigenvalue weighted by molar-refractivity contribution is -0.142. The normalized spacial score (nSPS) is 13.4. The number of aryl methyl sites for hydroxylation is 2. The highest BCUT2D eigenvalue weighted by Gasteiger charge is 2.40. The van der Waals surface area contributed by atoms with Gasteiger partial charge in [-0.05, 0) is 48.1 Å². The van der Waals surface area contributed by atoms with Gasteiger partial charge < -0.3 is 0 Å². The zero-order chi connectivity index (χ0) is 24.2. The van der Waals surface area contributed by atoms with Crippen molar-refractivity contribution in [2.45, 2.75) is 57.3 Å². The van der Waals surface area contributed by atoms with Crippen LogP contribution in [-0.2, 0) is 27.8 Å². The molecule has 0 aromatic heterocycles. The van der Waals surface area contributed by atoms with E-state index >= 15 is 0 Å². The molecule has 31 heavy (non-hydrogen) atoms. The summed E-state index contributed by atoms with van der Waals surface area (Å²) in [4.78, 5) is -0.248. The van der Waals surface area contributed by atoms with Crippen LogP contribution < -0.4 is 4.72 Å². The Morgan fingerprint density at radius 2 is 1.29 bits per heavy atom. The zero-order valence-corrected chi connectivity index (χ0v) is 18.8. The van der Waals surface area contributed by atoms with Crippen molar-refractivity contribution in [3.8, 4) is 0 Å². The third-order valence-corrected chi connectivity index (χ3v) is 6.62. The number of alkyl halides is 6. The lowest BCUT2D eigenvalue weighted by atomic mass is 9.85. The second-order valence-electron chi connectivity index (χ2n) is 8.18. The van der Waals surface area contributed by atoms with Crippen molar-refractivity contribution in [2.75, 3.05) is 4.72 Å². The van der Waals surface area contributed by atoms with Crippen LogP contribution in [0.15, 0.2) is 29.2 Å². The van der Waals surface area contributed by atoms with Crippen molar-refractivity contribution >= 4 is 27.3 Å². The number of hydrogen-bond acceptors (Lipinski definition) is 2. The monoisotopic (exact) mass is 487 g/mol. The first kappa shape index (κ1) is 25.3. The molecule has 3 nitrogen and oxygen atoms in total. The van der Waals surface area contributed by atoms with E-state index < -0.39 is 44.2 Å². The number of sulfonamides is 1. The van der Waals surface area contributed by atoms with Gasteiger partial charge in [0.1, 0.15) is 0 Å². The highest BCUT2D eigenvalue weighted by Crippen LogP contribution is 2.43. The summed E-state index contributed by atoms with van der Waals surface area (Å²) in [5.41, 5.74) is -3.40. The van der Waals surface area contributed by atoms with Crippen LogP contribution in [-0.4, -0.2) is 8.42 Å². The maximum atomic E-state index is 13.2. The van der Waals surface area contributed by atoms with Crippen LogP contribution in [0.1, 0.15) is 48.6 Å². The minimum absolute atomic E-state index is 0.158. The Balaban J connectivity index is 2.68. The van der Waals surface area contributed by atoms with Crippen LogP contribution in [0, 0.1) is 13.8 Å². The number of hydrogen-bond donors (Lipinski definition) is 1. The molecule has 2 rings (SSSR count). The third-order valence-electron chi connectivity index (χ3n) is 4.54. The van der Waals surface area contributed by atoms with Gasteiger partial charge in [-0.2, -0.15) is 26.3 Å². The Kier molecular flexibility index (Phi) is 6.44. The predicted octanol–water partition coefficient (Wildman–Crippen LogP) is 7.09. The average Bonchev–Trinajstić information content (AvgIpc) is 2.52. The van der Waals surface area contributed by atoms with Gasteiger partial charge in [-0.25, -0.2) is 8.42 Å². The molecule has 0 aliphatic rings. The maximum Gasteiger partial charge on any atom is 0.417 e. The van der Waals surface area contributed by atoms with Gasteiger partial charge in [0.25, 0.3) is 10.0 Å². The van der Waals surface area contributed by atoms with E-state index in [0.29, 0.717) is 0 Å². The fraction of sp³-hybridized carbons (Fsp3) is 0.400. The zero-order valence-electron chi connectivity index (χ0n) is 17.2. The van der Waals surface area contributed by atoms with Crippen molar-refractivity contribution in [2.24, 2.45) is 0 Å². The topological polar surface area (TPSA) is 46.2 Å².